The molecule has 0 N–H and O–H groups in total. The first-order chi connectivity index (χ1) is 8.81. The number of nitrogens with zero attached hydrogens (tertiary/aromatic N) is 7. The molecule has 0 saturated carbocycles. The number of tetrazole rings is 1. The van der Waals surface area contributed by atoms with Gasteiger partial charge in [0.2, 0.25) is 5.95 Å². The van der Waals surface area contributed by atoms with E-state index in [1.807, 2.05) is 18.0 Å². The van der Waals surface area contributed by atoms with E-state index in [2.05, 4.69) is 25.1 Å². The number of aromatic nitrogens is 6. The molecule has 8 nitrogen and oxygen atoms in total. The lowest BCUT2D eigenvalue weighted by Gasteiger charge is -2.18. The zero-order valence-corrected chi connectivity index (χ0v) is 10.4. The summed E-state index contributed by atoms with van der Waals surface area (Å²) < 4.78 is 9.00. The van der Waals surface area contributed by atoms with E-state index < -0.39 is 0 Å². The first-order valence-corrected chi connectivity index (χ1v) is 5.86. The fraction of sp³-hybridized carbons (Fsp3) is 0.600. The number of methoxy groups -OCH3 is 1. The molecule has 1 atom stereocenters. The summed E-state index contributed by atoms with van der Waals surface area (Å²) in [6, 6.07) is 0.0870. The fourth-order valence-corrected chi connectivity index (χ4v) is 2.18. The third-order valence-electron chi connectivity index (χ3n) is 3.04. The molecule has 18 heavy (non-hydrogen) atoms. The van der Waals surface area contributed by atoms with Crippen molar-refractivity contribution in [2.75, 3.05) is 25.2 Å². The van der Waals surface area contributed by atoms with Crippen LogP contribution in [0.1, 0.15) is 13.0 Å². The number of hydrogen-bond acceptors (Lipinski definition) is 6. The van der Waals surface area contributed by atoms with Gasteiger partial charge < -0.3 is 9.30 Å². The van der Waals surface area contributed by atoms with Crippen LogP contribution >= 0.6 is 0 Å². The van der Waals surface area contributed by atoms with Crippen molar-refractivity contribution >= 4 is 11.9 Å². The van der Waals surface area contributed by atoms with Crippen molar-refractivity contribution in [1.82, 2.24) is 29.8 Å². The van der Waals surface area contributed by atoms with E-state index in [9.17, 15) is 0 Å². The molecular formula is C10H15N7O. The Kier molecular flexibility index (Phi) is 2.71. The summed E-state index contributed by atoms with van der Waals surface area (Å²) in [5.41, 5.74) is 0. The number of hydrogen-bond donors (Lipinski definition) is 0. The Bertz CT molecular complexity index is 534. The second-order valence-corrected chi connectivity index (χ2v) is 4.30. The van der Waals surface area contributed by atoms with Gasteiger partial charge >= 0.3 is 0 Å². The second kappa shape index (κ2) is 4.37. The minimum atomic E-state index is 0.0870. The maximum atomic E-state index is 5.14. The average Bonchev–Trinajstić information content (AvgIpc) is 3.04. The van der Waals surface area contributed by atoms with Gasteiger partial charge in [0, 0.05) is 32.6 Å². The molecule has 1 unspecified atom stereocenters. The lowest BCUT2D eigenvalue weighted by molar-refractivity contribution is 0.156. The van der Waals surface area contributed by atoms with Gasteiger partial charge in [-0.15, -0.1) is 0 Å². The summed E-state index contributed by atoms with van der Waals surface area (Å²) in [5, 5.41) is 11.9. The molecule has 0 amide bonds. The first kappa shape index (κ1) is 11.1. The van der Waals surface area contributed by atoms with Crippen LogP contribution in [-0.2, 0) is 11.3 Å². The highest BCUT2D eigenvalue weighted by molar-refractivity contribution is 5.50. The van der Waals surface area contributed by atoms with Crippen molar-refractivity contribution in [3.8, 4) is 0 Å². The van der Waals surface area contributed by atoms with Crippen LogP contribution in [-0.4, -0.2) is 50.0 Å². The molecule has 96 valence electrons. The third-order valence-corrected chi connectivity index (χ3v) is 3.04. The van der Waals surface area contributed by atoms with Crippen molar-refractivity contribution in [1.29, 1.82) is 0 Å². The van der Waals surface area contributed by atoms with Crippen molar-refractivity contribution in [2.24, 2.45) is 0 Å². The number of imidazole rings is 1. The number of anilines is 2. The number of fused-ring (bicyclic) bond motifs is 1. The van der Waals surface area contributed by atoms with E-state index in [-0.39, 0.29) is 6.04 Å². The Balaban J connectivity index is 1.92. The third kappa shape index (κ3) is 1.65. The molecule has 3 heterocycles. The van der Waals surface area contributed by atoms with Gasteiger partial charge in [0.15, 0.2) is 0 Å². The SMILES string of the molecule is COCC(C)n1nnnc1N1CCn2ccnc21. The molecule has 8 heteroatoms. The maximum Gasteiger partial charge on any atom is 0.252 e. The van der Waals surface area contributed by atoms with E-state index in [0.717, 1.165) is 19.0 Å². The topological polar surface area (TPSA) is 73.9 Å². The monoisotopic (exact) mass is 249 g/mol. The second-order valence-electron chi connectivity index (χ2n) is 4.30. The molecule has 0 aliphatic carbocycles. The highest BCUT2D eigenvalue weighted by Crippen LogP contribution is 2.27. The van der Waals surface area contributed by atoms with Gasteiger partial charge in [0.05, 0.1) is 12.6 Å². The van der Waals surface area contributed by atoms with Gasteiger partial charge in [-0.05, 0) is 17.4 Å². The van der Waals surface area contributed by atoms with Gasteiger partial charge in [-0.25, -0.2) is 9.67 Å². The van der Waals surface area contributed by atoms with E-state index >= 15 is 0 Å². The Morgan fingerprint density at radius 3 is 3.11 bits per heavy atom. The quantitative estimate of drug-likeness (QED) is 0.772. The van der Waals surface area contributed by atoms with Crippen molar-refractivity contribution in [2.45, 2.75) is 19.5 Å². The maximum absolute atomic E-state index is 5.14. The van der Waals surface area contributed by atoms with Crippen LogP contribution in [0, 0.1) is 0 Å². The highest BCUT2D eigenvalue weighted by atomic mass is 16.5. The Morgan fingerprint density at radius 2 is 2.28 bits per heavy atom. The number of rotatable bonds is 4. The Hall–Kier alpha value is -1.96. The summed E-state index contributed by atoms with van der Waals surface area (Å²) in [6.45, 7) is 4.33. The lowest BCUT2D eigenvalue weighted by atomic mass is 10.4. The summed E-state index contributed by atoms with van der Waals surface area (Å²) in [5.74, 6) is 1.60. The molecule has 0 radical (unpaired) electrons. The Morgan fingerprint density at radius 1 is 1.39 bits per heavy atom. The van der Waals surface area contributed by atoms with Crippen molar-refractivity contribution in [3.05, 3.63) is 12.4 Å². The molecule has 2 aromatic heterocycles. The van der Waals surface area contributed by atoms with Crippen molar-refractivity contribution < 1.29 is 4.74 Å². The summed E-state index contributed by atoms with van der Waals surface area (Å²) in [6.07, 6.45) is 3.75. The predicted octanol–water partition coefficient (Wildman–Crippen LogP) is 0.229. The average molecular weight is 249 g/mol. The van der Waals surface area contributed by atoms with Crippen LogP contribution in [0.4, 0.5) is 11.9 Å². The molecule has 0 saturated heterocycles. The highest BCUT2D eigenvalue weighted by Gasteiger charge is 2.27. The molecule has 0 aromatic carbocycles. The van der Waals surface area contributed by atoms with Gasteiger partial charge in [0.1, 0.15) is 0 Å². The van der Waals surface area contributed by atoms with Gasteiger partial charge in [-0.2, -0.15) is 0 Å². The van der Waals surface area contributed by atoms with Crippen LogP contribution in [0.5, 0.6) is 0 Å². The molecule has 2 aromatic rings. The Labute approximate surface area is 104 Å². The summed E-state index contributed by atoms with van der Waals surface area (Å²) in [4.78, 5) is 6.35. The smallest absolute Gasteiger partial charge is 0.252 e. The van der Waals surface area contributed by atoms with Crippen LogP contribution in [0.3, 0.4) is 0 Å². The molecule has 0 bridgehead atoms. The summed E-state index contributed by atoms with van der Waals surface area (Å²) in [7, 11) is 1.67. The lowest BCUT2D eigenvalue weighted by Crippen LogP contribution is -2.23. The van der Waals surface area contributed by atoms with E-state index in [1.165, 1.54) is 0 Å². The molecule has 3 rings (SSSR count). The van der Waals surface area contributed by atoms with Crippen molar-refractivity contribution in [3.63, 3.8) is 0 Å². The zero-order valence-electron chi connectivity index (χ0n) is 10.4. The predicted molar refractivity (Wildman–Crippen MR) is 63.6 cm³/mol. The molecule has 1 aliphatic rings. The summed E-state index contributed by atoms with van der Waals surface area (Å²) >= 11 is 0. The minimum Gasteiger partial charge on any atom is -0.382 e. The van der Waals surface area contributed by atoms with Crippen LogP contribution in [0.2, 0.25) is 0 Å². The van der Waals surface area contributed by atoms with E-state index in [4.69, 9.17) is 4.74 Å². The minimum absolute atomic E-state index is 0.0870. The molecule has 0 spiro atoms. The zero-order chi connectivity index (χ0) is 12.5. The van der Waals surface area contributed by atoms with Crippen LogP contribution in [0.15, 0.2) is 12.4 Å². The van der Waals surface area contributed by atoms with E-state index in [1.54, 1.807) is 18.0 Å². The largest absolute Gasteiger partial charge is 0.382 e. The van der Waals surface area contributed by atoms with Crippen LogP contribution in [0.25, 0.3) is 0 Å². The fourth-order valence-electron chi connectivity index (χ4n) is 2.18. The van der Waals surface area contributed by atoms with Gasteiger partial charge in [-0.1, -0.05) is 5.10 Å². The normalized spacial score (nSPS) is 16.0. The van der Waals surface area contributed by atoms with E-state index in [0.29, 0.717) is 12.6 Å². The molecule has 1 aliphatic heterocycles. The number of ether oxygens (including phenoxy) is 1. The first-order valence-electron chi connectivity index (χ1n) is 5.86. The van der Waals surface area contributed by atoms with Gasteiger partial charge in [-0.3, -0.25) is 4.90 Å². The molecule has 0 fully saturated rings. The van der Waals surface area contributed by atoms with Crippen LogP contribution < -0.4 is 4.90 Å². The van der Waals surface area contributed by atoms with Gasteiger partial charge in [0.25, 0.3) is 5.95 Å². The molecular weight excluding hydrogens is 234 g/mol. The standard InChI is InChI=1S/C10H15N7O/c1-8(7-18-2)17-10(12-13-14-17)16-6-5-15-4-3-11-9(15)16/h3-4,8H,5-7H2,1-2H3.